The SMILES string of the molecule is CCC(CC)C(=O)N(Cc1cc(NS(=O)(=O)c2ccc(OC)cc2)ccc1N(C)C)[C@H](C)C(C)C. The molecule has 7 nitrogen and oxygen atoms in total. The Kier molecular flexibility index (Phi) is 10.0. The van der Waals surface area contributed by atoms with Crippen molar-refractivity contribution in [1.29, 1.82) is 0 Å². The molecule has 1 amide bonds. The van der Waals surface area contributed by atoms with E-state index in [9.17, 15) is 13.2 Å². The molecule has 0 unspecified atom stereocenters. The number of ether oxygens (including phenoxy) is 1. The van der Waals surface area contributed by atoms with E-state index in [-0.39, 0.29) is 28.7 Å². The van der Waals surface area contributed by atoms with Crippen molar-refractivity contribution in [3.63, 3.8) is 0 Å². The largest absolute Gasteiger partial charge is 0.497 e. The Hall–Kier alpha value is -2.74. The summed E-state index contributed by atoms with van der Waals surface area (Å²) in [5.74, 6) is 0.983. The first-order valence-electron chi connectivity index (χ1n) is 12.2. The first-order chi connectivity index (χ1) is 16.4. The Morgan fingerprint density at radius 3 is 2.09 bits per heavy atom. The lowest BCUT2D eigenvalue weighted by Gasteiger charge is -2.35. The van der Waals surface area contributed by atoms with Gasteiger partial charge in [-0.25, -0.2) is 8.42 Å². The monoisotopic (exact) mass is 503 g/mol. The molecule has 2 aromatic carbocycles. The van der Waals surface area contributed by atoms with Gasteiger partial charge < -0.3 is 14.5 Å². The maximum atomic E-state index is 13.5. The van der Waals surface area contributed by atoms with Crippen LogP contribution in [0.1, 0.15) is 53.0 Å². The van der Waals surface area contributed by atoms with E-state index in [0.717, 1.165) is 24.1 Å². The molecule has 8 heteroatoms. The molecular formula is C27H41N3O4S. The van der Waals surface area contributed by atoms with Gasteiger partial charge in [-0.3, -0.25) is 9.52 Å². The second kappa shape index (κ2) is 12.3. The summed E-state index contributed by atoms with van der Waals surface area (Å²) in [5.41, 5.74) is 2.28. The molecule has 35 heavy (non-hydrogen) atoms. The number of rotatable bonds is 12. The molecule has 1 atom stereocenters. The van der Waals surface area contributed by atoms with Crippen LogP contribution in [-0.4, -0.2) is 46.5 Å². The van der Waals surface area contributed by atoms with Crippen molar-refractivity contribution in [3.05, 3.63) is 48.0 Å². The minimum Gasteiger partial charge on any atom is -0.497 e. The highest BCUT2D eigenvalue weighted by molar-refractivity contribution is 7.92. The van der Waals surface area contributed by atoms with Crippen LogP contribution < -0.4 is 14.4 Å². The summed E-state index contributed by atoms with van der Waals surface area (Å²) in [5, 5.41) is 0. The molecule has 0 aliphatic rings. The first-order valence-corrected chi connectivity index (χ1v) is 13.7. The van der Waals surface area contributed by atoms with Gasteiger partial charge in [0, 0.05) is 44.0 Å². The number of carbonyl (C=O) groups excluding carboxylic acids is 1. The molecule has 0 aliphatic carbocycles. The minimum absolute atomic E-state index is 0.0317. The van der Waals surface area contributed by atoms with Crippen LogP contribution in [0.3, 0.4) is 0 Å². The van der Waals surface area contributed by atoms with E-state index >= 15 is 0 Å². The molecule has 0 radical (unpaired) electrons. The minimum atomic E-state index is -3.78. The smallest absolute Gasteiger partial charge is 0.261 e. The fraction of sp³-hybridized carbons (Fsp3) is 0.519. The molecule has 1 N–H and O–H groups in total. The van der Waals surface area contributed by atoms with Crippen LogP contribution in [-0.2, 0) is 21.4 Å². The third kappa shape index (κ3) is 7.13. The summed E-state index contributed by atoms with van der Waals surface area (Å²) in [6.45, 7) is 10.8. The van der Waals surface area contributed by atoms with Crippen molar-refractivity contribution in [3.8, 4) is 5.75 Å². The molecule has 0 fully saturated rings. The summed E-state index contributed by atoms with van der Waals surface area (Å²) >= 11 is 0. The fourth-order valence-electron chi connectivity index (χ4n) is 4.02. The summed E-state index contributed by atoms with van der Waals surface area (Å²) in [4.78, 5) is 17.6. The van der Waals surface area contributed by atoms with Crippen LogP contribution in [0.5, 0.6) is 5.75 Å². The Morgan fingerprint density at radius 2 is 1.60 bits per heavy atom. The lowest BCUT2D eigenvalue weighted by molar-refractivity contribution is -0.139. The standard InChI is InChI=1S/C27H41N3O4S/c1-9-21(10-2)27(31)30(20(5)19(3)4)18-22-17-23(11-16-26(22)29(6)7)28-35(32,33)25-14-12-24(34-8)13-15-25/h11-17,19-21,28H,9-10,18H2,1-8H3/t20-/m1/s1. The van der Waals surface area contributed by atoms with E-state index in [1.165, 1.54) is 19.2 Å². The van der Waals surface area contributed by atoms with Crippen molar-refractivity contribution >= 4 is 27.3 Å². The van der Waals surface area contributed by atoms with Gasteiger partial charge in [0.05, 0.1) is 12.0 Å². The molecule has 0 aliphatic heterocycles. The number of carbonyl (C=O) groups is 1. The van der Waals surface area contributed by atoms with Crippen LogP contribution in [0.25, 0.3) is 0 Å². The second-order valence-corrected chi connectivity index (χ2v) is 11.2. The highest BCUT2D eigenvalue weighted by Gasteiger charge is 2.28. The van der Waals surface area contributed by atoms with Gasteiger partial charge >= 0.3 is 0 Å². The Bertz CT molecular complexity index is 1080. The maximum absolute atomic E-state index is 13.5. The zero-order valence-corrected chi connectivity index (χ0v) is 23.1. The van der Waals surface area contributed by atoms with Crippen molar-refractivity contribution < 1.29 is 17.9 Å². The number of sulfonamides is 1. The van der Waals surface area contributed by atoms with Gasteiger partial charge in [-0.15, -0.1) is 0 Å². The average molecular weight is 504 g/mol. The van der Waals surface area contributed by atoms with Gasteiger partial charge in [-0.1, -0.05) is 27.7 Å². The second-order valence-electron chi connectivity index (χ2n) is 9.48. The van der Waals surface area contributed by atoms with Gasteiger partial charge in [0.25, 0.3) is 10.0 Å². The van der Waals surface area contributed by atoms with E-state index < -0.39 is 10.0 Å². The van der Waals surface area contributed by atoms with Gasteiger partial charge in [-0.2, -0.15) is 0 Å². The number of amides is 1. The highest BCUT2D eigenvalue weighted by Crippen LogP contribution is 2.29. The lowest BCUT2D eigenvalue weighted by Crippen LogP contribution is -2.44. The Labute approximate surface area is 211 Å². The topological polar surface area (TPSA) is 79.0 Å². The summed E-state index contributed by atoms with van der Waals surface area (Å²) in [6, 6.07) is 11.8. The van der Waals surface area contributed by atoms with Crippen molar-refractivity contribution in [2.75, 3.05) is 30.8 Å². The van der Waals surface area contributed by atoms with Crippen LogP contribution in [0.15, 0.2) is 47.4 Å². The predicted octanol–water partition coefficient (Wildman–Crippen LogP) is 5.37. The number of nitrogens with one attached hydrogen (secondary N) is 1. The lowest BCUT2D eigenvalue weighted by atomic mass is 9.97. The third-order valence-electron chi connectivity index (χ3n) is 6.60. The normalized spacial score (nSPS) is 12.5. The molecule has 2 aromatic rings. The zero-order valence-electron chi connectivity index (χ0n) is 22.3. The van der Waals surface area contributed by atoms with E-state index in [4.69, 9.17) is 4.74 Å². The first kappa shape index (κ1) is 28.5. The van der Waals surface area contributed by atoms with Crippen LogP contribution in [0.2, 0.25) is 0 Å². The number of methoxy groups -OCH3 is 1. The number of hydrogen-bond donors (Lipinski definition) is 1. The quantitative estimate of drug-likeness (QED) is 0.421. The number of anilines is 2. The van der Waals surface area contributed by atoms with E-state index in [0.29, 0.717) is 18.0 Å². The van der Waals surface area contributed by atoms with E-state index in [1.807, 2.05) is 49.9 Å². The molecule has 0 saturated heterocycles. The molecule has 0 bridgehead atoms. The summed E-state index contributed by atoms with van der Waals surface area (Å²) in [6.07, 6.45) is 1.58. The maximum Gasteiger partial charge on any atom is 0.261 e. The average Bonchev–Trinajstić information content (AvgIpc) is 2.82. The molecule has 2 rings (SSSR count). The van der Waals surface area contributed by atoms with Crippen LogP contribution in [0.4, 0.5) is 11.4 Å². The van der Waals surface area contributed by atoms with E-state index in [2.05, 4.69) is 25.5 Å². The summed E-state index contributed by atoms with van der Waals surface area (Å²) in [7, 11) is 1.64. The van der Waals surface area contributed by atoms with Gasteiger partial charge in [0.1, 0.15) is 5.75 Å². The predicted molar refractivity (Wildman–Crippen MR) is 143 cm³/mol. The van der Waals surface area contributed by atoms with Gasteiger partial charge in [0.15, 0.2) is 0 Å². The fourth-order valence-corrected chi connectivity index (χ4v) is 5.07. The van der Waals surface area contributed by atoms with Crippen molar-refractivity contribution in [1.82, 2.24) is 4.90 Å². The Morgan fingerprint density at radius 1 is 1.00 bits per heavy atom. The number of nitrogens with zero attached hydrogens (tertiary/aromatic N) is 2. The van der Waals surface area contributed by atoms with Crippen LogP contribution in [0, 0.1) is 11.8 Å². The van der Waals surface area contributed by atoms with Gasteiger partial charge in [-0.05, 0) is 73.7 Å². The molecule has 0 saturated carbocycles. The third-order valence-corrected chi connectivity index (χ3v) is 8.00. The molecule has 0 heterocycles. The molecular weight excluding hydrogens is 462 g/mol. The van der Waals surface area contributed by atoms with Crippen molar-refractivity contribution in [2.45, 2.75) is 64.9 Å². The molecule has 0 spiro atoms. The molecule has 194 valence electrons. The summed E-state index contributed by atoms with van der Waals surface area (Å²) < 4.78 is 33.8. The van der Waals surface area contributed by atoms with Crippen molar-refractivity contribution in [2.24, 2.45) is 11.8 Å². The van der Waals surface area contributed by atoms with Crippen LogP contribution >= 0.6 is 0 Å². The Balaban J connectivity index is 2.45. The number of hydrogen-bond acceptors (Lipinski definition) is 5. The van der Waals surface area contributed by atoms with Gasteiger partial charge in [0.2, 0.25) is 5.91 Å². The zero-order chi connectivity index (χ0) is 26.3. The molecule has 0 aromatic heterocycles. The highest BCUT2D eigenvalue weighted by atomic mass is 32.2. The van der Waals surface area contributed by atoms with E-state index in [1.54, 1.807) is 18.2 Å². The number of benzene rings is 2.